The summed E-state index contributed by atoms with van der Waals surface area (Å²) in [5.41, 5.74) is 1.85. The van der Waals surface area contributed by atoms with E-state index < -0.39 is 5.97 Å². The second kappa shape index (κ2) is 6.57. The molecule has 0 heterocycles. The highest BCUT2D eigenvalue weighted by Crippen LogP contribution is 2.24. The first-order valence-corrected chi connectivity index (χ1v) is 6.44. The minimum Gasteiger partial charge on any atom is -0.507 e. The standard InChI is InChI=1S/C17H16O3/c1-2-20-17(19)16-14(9-6-10-15(16)18)12-11-13-7-4-3-5-8-13/h3-12,18H,2H2,1H3. The van der Waals surface area contributed by atoms with Gasteiger partial charge >= 0.3 is 5.97 Å². The maximum atomic E-state index is 11.9. The second-order valence-electron chi connectivity index (χ2n) is 4.21. The van der Waals surface area contributed by atoms with Crippen LogP contribution in [0.1, 0.15) is 28.4 Å². The van der Waals surface area contributed by atoms with Gasteiger partial charge in [-0.05, 0) is 24.1 Å². The fraction of sp³-hybridized carbons (Fsp3) is 0.118. The molecule has 0 radical (unpaired) electrons. The van der Waals surface area contributed by atoms with Crippen LogP contribution in [-0.2, 0) is 4.74 Å². The third-order valence-corrected chi connectivity index (χ3v) is 2.81. The lowest BCUT2D eigenvalue weighted by molar-refractivity contribution is 0.0523. The number of ether oxygens (including phenoxy) is 1. The maximum absolute atomic E-state index is 11.9. The quantitative estimate of drug-likeness (QED) is 0.678. The summed E-state index contributed by atoms with van der Waals surface area (Å²) >= 11 is 0. The lowest BCUT2D eigenvalue weighted by atomic mass is 10.0. The van der Waals surface area contributed by atoms with Crippen LogP contribution in [0.3, 0.4) is 0 Å². The van der Waals surface area contributed by atoms with Crippen LogP contribution in [0.5, 0.6) is 5.75 Å². The van der Waals surface area contributed by atoms with E-state index in [1.165, 1.54) is 6.07 Å². The third-order valence-electron chi connectivity index (χ3n) is 2.81. The molecule has 0 aliphatic carbocycles. The van der Waals surface area contributed by atoms with Crippen molar-refractivity contribution in [2.24, 2.45) is 0 Å². The molecule has 1 N–H and O–H groups in total. The molecular weight excluding hydrogens is 252 g/mol. The van der Waals surface area contributed by atoms with Gasteiger partial charge in [0.05, 0.1) is 6.61 Å². The summed E-state index contributed by atoms with van der Waals surface area (Å²) in [7, 11) is 0. The van der Waals surface area contributed by atoms with E-state index in [0.717, 1.165) is 5.56 Å². The molecule has 0 amide bonds. The van der Waals surface area contributed by atoms with Gasteiger partial charge in [0.25, 0.3) is 0 Å². The van der Waals surface area contributed by atoms with Crippen molar-refractivity contribution in [3.63, 3.8) is 0 Å². The summed E-state index contributed by atoms with van der Waals surface area (Å²) in [6, 6.07) is 14.7. The van der Waals surface area contributed by atoms with Crippen LogP contribution in [0, 0.1) is 0 Å². The predicted molar refractivity (Wildman–Crippen MR) is 79.4 cm³/mol. The van der Waals surface area contributed by atoms with Crippen molar-refractivity contribution in [2.75, 3.05) is 6.61 Å². The van der Waals surface area contributed by atoms with Gasteiger partial charge in [0.1, 0.15) is 11.3 Å². The van der Waals surface area contributed by atoms with Crippen molar-refractivity contribution in [2.45, 2.75) is 6.92 Å². The Hall–Kier alpha value is -2.55. The number of aromatic hydroxyl groups is 1. The van der Waals surface area contributed by atoms with E-state index in [4.69, 9.17) is 4.74 Å². The highest BCUT2D eigenvalue weighted by atomic mass is 16.5. The smallest absolute Gasteiger partial charge is 0.342 e. The summed E-state index contributed by atoms with van der Waals surface area (Å²) in [5, 5.41) is 9.85. The van der Waals surface area contributed by atoms with E-state index in [2.05, 4.69) is 0 Å². The van der Waals surface area contributed by atoms with Gasteiger partial charge < -0.3 is 9.84 Å². The van der Waals surface area contributed by atoms with Crippen LogP contribution < -0.4 is 0 Å². The van der Waals surface area contributed by atoms with Crippen LogP contribution in [-0.4, -0.2) is 17.7 Å². The normalized spacial score (nSPS) is 10.7. The largest absolute Gasteiger partial charge is 0.507 e. The van der Waals surface area contributed by atoms with Crippen LogP contribution >= 0.6 is 0 Å². The topological polar surface area (TPSA) is 46.5 Å². The number of hydrogen-bond acceptors (Lipinski definition) is 3. The zero-order valence-electron chi connectivity index (χ0n) is 11.2. The number of carbonyl (C=O) groups excluding carboxylic acids is 1. The molecule has 20 heavy (non-hydrogen) atoms. The predicted octanol–water partition coefficient (Wildman–Crippen LogP) is 3.74. The summed E-state index contributed by atoms with van der Waals surface area (Å²) in [6.45, 7) is 2.01. The highest BCUT2D eigenvalue weighted by Gasteiger charge is 2.15. The minimum absolute atomic E-state index is 0.0707. The molecule has 3 nitrogen and oxygen atoms in total. The van der Waals surface area contributed by atoms with Gasteiger partial charge in [0.2, 0.25) is 0 Å². The van der Waals surface area contributed by atoms with E-state index in [1.54, 1.807) is 25.1 Å². The average molecular weight is 268 g/mol. The number of rotatable bonds is 4. The molecule has 2 aromatic rings. The first kappa shape index (κ1) is 13.9. The molecule has 0 aromatic heterocycles. The molecule has 0 fully saturated rings. The molecule has 3 heteroatoms. The molecule has 0 atom stereocenters. The number of esters is 1. The van der Waals surface area contributed by atoms with Crippen LogP contribution in [0.25, 0.3) is 12.2 Å². The number of phenols is 1. The van der Waals surface area contributed by atoms with Crippen molar-refractivity contribution < 1.29 is 14.6 Å². The van der Waals surface area contributed by atoms with Crippen molar-refractivity contribution in [3.8, 4) is 5.75 Å². The number of benzene rings is 2. The Kier molecular flexibility index (Phi) is 4.56. The highest BCUT2D eigenvalue weighted by molar-refractivity contribution is 5.97. The molecular formula is C17H16O3. The molecule has 0 unspecified atom stereocenters. The van der Waals surface area contributed by atoms with Crippen LogP contribution in [0.15, 0.2) is 48.5 Å². The summed E-state index contributed by atoms with van der Waals surface area (Å²) < 4.78 is 4.97. The van der Waals surface area contributed by atoms with E-state index in [-0.39, 0.29) is 17.9 Å². The van der Waals surface area contributed by atoms with Gasteiger partial charge in [-0.15, -0.1) is 0 Å². The van der Waals surface area contributed by atoms with Crippen molar-refractivity contribution in [1.82, 2.24) is 0 Å². The molecule has 2 rings (SSSR count). The molecule has 0 aliphatic heterocycles. The fourth-order valence-electron chi connectivity index (χ4n) is 1.87. The Balaban J connectivity index is 2.34. The van der Waals surface area contributed by atoms with E-state index in [0.29, 0.717) is 5.56 Å². The molecule has 102 valence electrons. The Bertz CT molecular complexity index is 615. The minimum atomic E-state index is -0.515. The van der Waals surface area contributed by atoms with Crippen molar-refractivity contribution >= 4 is 18.1 Å². The number of hydrogen-bond donors (Lipinski definition) is 1. The van der Waals surface area contributed by atoms with Gasteiger partial charge in [-0.2, -0.15) is 0 Å². The third kappa shape index (κ3) is 3.26. The number of phenolic OH excluding ortho intramolecular Hbond substituents is 1. The van der Waals surface area contributed by atoms with Crippen LogP contribution in [0.4, 0.5) is 0 Å². The van der Waals surface area contributed by atoms with Gasteiger partial charge in [-0.3, -0.25) is 0 Å². The Morgan fingerprint density at radius 1 is 1.10 bits per heavy atom. The van der Waals surface area contributed by atoms with Gasteiger partial charge in [-0.1, -0.05) is 54.6 Å². The first-order valence-electron chi connectivity index (χ1n) is 6.44. The summed E-state index contributed by atoms with van der Waals surface area (Å²) in [4.78, 5) is 11.9. The van der Waals surface area contributed by atoms with Gasteiger partial charge in [0.15, 0.2) is 0 Å². The molecule has 0 aliphatic rings. The van der Waals surface area contributed by atoms with Gasteiger partial charge in [-0.25, -0.2) is 4.79 Å². The van der Waals surface area contributed by atoms with Crippen LogP contribution in [0.2, 0.25) is 0 Å². The average Bonchev–Trinajstić information content (AvgIpc) is 2.46. The second-order valence-corrected chi connectivity index (χ2v) is 4.21. The molecule has 0 bridgehead atoms. The fourth-order valence-corrected chi connectivity index (χ4v) is 1.87. The molecule has 2 aromatic carbocycles. The maximum Gasteiger partial charge on any atom is 0.342 e. The summed E-state index contributed by atoms with van der Waals surface area (Å²) in [6.07, 6.45) is 3.68. The zero-order chi connectivity index (χ0) is 14.4. The van der Waals surface area contributed by atoms with E-state index in [1.807, 2.05) is 36.4 Å². The lowest BCUT2D eigenvalue weighted by Crippen LogP contribution is -2.06. The SMILES string of the molecule is CCOC(=O)c1c(O)cccc1C=Cc1ccccc1. The Morgan fingerprint density at radius 2 is 1.85 bits per heavy atom. The monoisotopic (exact) mass is 268 g/mol. The van der Waals surface area contributed by atoms with Crippen molar-refractivity contribution in [3.05, 3.63) is 65.2 Å². The Morgan fingerprint density at radius 3 is 2.55 bits per heavy atom. The Labute approximate surface area is 118 Å². The molecule has 0 saturated heterocycles. The lowest BCUT2D eigenvalue weighted by Gasteiger charge is -2.07. The van der Waals surface area contributed by atoms with E-state index in [9.17, 15) is 9.90 Å². The molecule has 0 saturated carbocycles. The van der Waals surface area contributed by atoms with E-state index >= 15 is 0 Å². The van der Waals surface area contributed by atoms with Gasteiger partial charge in [0, 0.05) is 0 Å². The first-order chi connectivity index (χ1) is 9.72. The van der Waals surface area contributed by atoms with Crippen molar-refractivity contribution in [1.29, 1.82) is 0 Å². The summed E-state index contributed by atoms with van der Waals surface area (Å²) in [5.74, 6) is -0.586. The zero-order valence-corrected chi connectivity index (χ0v) is 11.2. The molecule has 0 spiro atoms. The number of carbonyl (C=O) groups is 1.